The first-order valence-corrected chi connectivity index (χ1v) is 7.18. The fraction of sp³-hybridized carbons (Fsp3) is 0.615. The third-order valence-corrected chi connectivity index (χ3v) is 3.64. The summed E-state index contributed by atoms with van der Waals surface area (Å²) < 4.78 is 3.66. The summed E-state index contributed by atoms with van der Waals surface area (Å²) in [5, 5.41) is 13.4. The van der Waals surface area contributed by atoms with Crippen LogP contribution in [0.2, 0.25) is 5.02 Å². The van der Waals surface area contributed by atoms with Crippen molar-refractivity contribution in [1.82, 2.24) is 24.8 Å². The molecule has 0 amide bonds. The zero-order chi connectivity index (χ0) is 14.9. The minimum atomic E-state index is -0.498. The molecule has 0 aliphatic carbocycles. The lowest BCUT2D eigenvalue weighted by Gasteiger charge is -2.13. The van der Waals surface area contributed by atoms with Crippen molar-refractivity contribution < 1.29 is 0 Å². The van der Waals surface area contributed by atoms with Gasteiger partial charge in [-0.05, 0) is 27.2 Å². The van der Waals surface area contributed by atoms with E-state index in [1.165, 1.54) is 0 Å². The van der Waals surface area contributed by atoms with Gasteiger partial charge in [0.15, 0.2) is 0 Å². The van der Waals surface area contributed by atoms with Gasteiger partial charge in [0.2, 0.25) is 0 Å². The second-order valence-electron chi connectivity index (χ2n) is 5.40. The molecule has 0 aromatic carbocycles. The van der Waals surface area contributed by atoms with Gasteiger partial charge >= 0.3 is 0 Å². The smallest absolute Gasteiger partial charge is 0.102 e. The standard InChI is InChI=1S/C13H21ClN6/c1-5-9-12(14)10(20(6-2)17-9)7-19-8-11(16-18-19)13(3,4)15/h8H,5-7,15H2,1-4H3. The fourth-order valence-corrected chi connectivity index (χ4v) is 2.32. The summed E-state index contributed by atoms with van der Waals surface area (Å²) in [6.07, 6.45) is 2.67. The van der Waals surface area contributed by atoms with E-state index in [-0.39, 0.29) is 0 Å². The second kappa shape index (κ2) is 5.54. The van der Waals surface area contributed by atoms with Gasteiger partial charge in [0.1, 0.15) is 5.69 Å². The molecular weight excluding hydrogens is 276 g/mol. The van der Waals surface area contributed by atoms with E-state index in [1.54, 1.807) is 4.68 Å². The molecule has 2 heterocycles. The number of hydrogen-bond donors (Lipinski definition) is 1. The van der Waals surface area contributed by atoms with E-state index in [2.05, 4.69) is 15.4 Å². The number of hydrogen-bond acceptors (Lipinski definition) is 4. The largest absolute Gasteiger partial charge is 0.320 e. The molecule has 2 aromatic heterocycles. The molecular formula is C13H21ClN6. The number of rotatable bonds is 5. The Balaban J connectivity index is 2.30. The van der Waals surface area contributed by atoms with Gasteiger partial charge in [0.25, 0.3) is 0 Å². The first kappa shape index (κ1) is 15.0. The van der Waals surface area contributed by atoms with E-state index in [0.717, 1.165) is 35.1 Å². The molecule has 2 rings (SSSR count). The Bertz CT molecular complexity index is 593. The average molecular weight is 297 g/mol. The van der Waals surface area contributed by atoms with Crippen molar-refractivity contribution in [3.63, 3.8) is 0 Å². The Morgan fingerprint density at radius 3 is 2.55 bits per heavy atom. The molecule has 2 aromatic rings. The highest BCUT2D eigenvalue weighted by atomic mass is 35.5. The highest BCUT2D eigenvalue weighted by Crippen LogP contribution is 2.22. The van der Waals surface area contributed by atoms with Gasteiger partial charge in [0.05, 0.1) is 34.7 Å². The van der Waals surface area contributed by atoms with Gasteiger partial charge in [-0.1, -0.05) is 23.7 Å². The maximum absolute atomic E-state index is 6.39. The highest BCUT2D eigenvalue weighted by molar-refractivity contribution is 6.31. The van der Waals surface area contributed by atoms with Crippen molar-refractivity contribution in [3.8, 4) is 0 Å². The van der Waals surface area contributed by atoms with E-state index < -0.39 is 5.54 Å². The third kappa shape index (κ3) is 2.86. The van der Waals surface area contributed by atoms with Gasteiger partial charge in [-0.3, -0.25) is 4.68 Å². The maximum Gasteiger partial charge on any atom is 0.102 e. The van der Waals surface area contributed by atoms with Crippen LogP contribution in [0.4, 0.5) is 0 Å². The third-order valence-electron chi connectivity index (χ3n) is 3.20. The van der Waals surface area contributed by atoms with E-state index in [1.807, 2.05) is 38.6 Å². The monoisotopic (exact) mass is 296 g/mol. The molecule has 0 fully saturated rings. The molecule has 0 saturated carbocycles. The van der Waals surface area contributed by atoms with E-state index in [9.17, 15) is 0 Å². The lowest BCUT2D eigenvalue weighted by Crippen LogP contribution is -2.29. The van der Waals surface area contributed by atoms with Gasteiger partial charge < -0.3 is 5.73 Å². The first-order valence-electron chi connectivity index (χ1n) is 6.80. The summed E-state index contributed by atoms with van der Waals surface area (Å²) in [6, 6.07) is 0. The summed E-state index contributed by atoms with van der Waals surface area (Å²) in [7, 11) is 0. The van der Waals surface area contributed by atoms with E-state index >= 15 is 0 Å². The Morgan fingerprint density at radius 2 is 2.05 bits per heavy atom. The topological polar surface area (TPSA) is 74.5 Å². The molecule has 0 bridgehead atoms. The van der Waals surface area contributed by atoms with Crippen molar-refractivity contribution in [2.24, 2.45) is 5.73 Å². The van der Waals surface area contributed by atoms with Crippen LogP contribution in [-0.4, -0.2) is 24.8 Å². The zero-order valence-electron chi connectivity index (χ0n) is 12.4. The Morgan fingerprint density at radius 1 is 1.35 bits per heavy atom. The van der Waals surface area contributed by atoms with Crippen LogP contribution in [0.15, 0.2) is 6.20 Å². The van der Waals surface area contributed by atoms with Gasteiger partial charge in [0, 0.05) is 6.54 Å². The molecule has 20 heavy (non-hydrogen) atoms. The average Bonchev–Trinajstić information content (AvgIpc) is 2.96. The Hall–Kier alpha value is -1.40. The SMILES string of the molecule is CCc1nn(CC)c(Cn2cc(C(C)(C)N)nn2)c1Cl. The Labute approximate surface area is 123 Å². The fourth-order valence-electron chi connectivity index (χ4n) is 1.99. The highest BCUT2D eigenvalue weighted by Gasteiger charge is 2.20. The zero-order valence-corrected chi connectivity index (χ0v) is 13.1. The van der Waals surface area contributed by atoms with Crippen molar-refractivity contribution in [2.75, 3.05) is 0 Å². The number of nitrogens with two attached hydrogens (primary N) is 1. The number of halogens is 1. The first-order chi connectivity index (χ1) is 9.36. The van der Waals surface area contributed by atoms with Gasteiger partial charge in [-0.2, -0.15) is 5.10 Å². The summed E-state index contributed by atoms with van der Waals surface area (Å²) >= 11 is 6.39. The van der Waals surface area contributed by atoms with Crippen LogP contribution in [0.25, 0.3) is 0 Å². The second-order valence-corrected chi connectivity index (χ2v) is 5.78. The number of nitrogens with zero attached hydrogens (tertiary/aromatic N) is 5. The van der Waals surface area contributed by atoms with Gasteiger partial charge in [-0.15, -0.1) is 5.10 Å². The van der Waals surface area contributed by atoms with Crippen LogP contribution in [0.1, 0.15) is 44.8 Å². The van der Waals surface area contributed by atoms with Crippen LogP contribution in [0, 0.1) is 0 Å². The van der Waals surface area contributed by atoms with Crippen LogP contribution in [0.5, 0.6) is 0 Å². The molecule has 0 aliphatic heterocycles. The molecule has 7 heteroatoms. The number of aromatic nitrogens is 5. The lowest BCUT2D eigenvalue weighted by atomic mass is 10.0. The van der Waals surface area contributed by atoms with Crippen molar-refractivity contribution in [2.45, 2.75) is 52.7 Å². The van der Waals surface area contributed by atoms with Crippen LogP contribution >= 0.6 is 11.6 Å². The minimum Gasteiger partial charge on any atom is -0.320 e. The van der Waals surface area contributed by atoms with Crippen molar-refractivity contribution in [1.29, 1.82) is 0 Å². The molecule has 6 nitrogen and oxygen atoms in total. The minimum absolute atomic E-state index is 0.498. The normalized spacial score (nSPS) is 12.1. The molecule has 110 valence electrons. The van der Waals surface area contributed by atoms with Gasteiger partial charge in [-0.25, -0.2) is 4.68 Å². The Kier molecular flexibility index (Phi) is 4.15. The quantitative estimate of drug-likeness (QED) is 0.915. The molecule has 0 saturated heterocycles. The number of aryl methyl sites for hydroxylation is 2. The van der Waals surface area contributed by atoms with E-state index in [4.69, 9.17) is 17.3 Å². The molecule has 0 unspecified atom stereocenters. The maximum atomic E-state index is 6.39. The van der Waals surface area contributed by atoms with Crippen LogP contribution in [-0.2, 0) is 25.0 Å². The summed E-state index contributed by atoms with van der Waals surface area (Å²) in [4.78, 5) is 0. The van der Waals surface area contributed by atoms with Crippen LogP contribution < -0.4 is 5.73 Å². The molecule has 0 aliphatic rings. The summed E-state index contributed by atoms with van der Waals surface area (Å²) in [5.74, 6) is 0. The van der Waals surface area contributed by atoms with Crippen molar-refractivity contribution >= 4 is 11.6 Å². The predicted octanol–water partition coefficient (Wildman–Crippen LogP) is 1.95. The molecule has 0 atom stereocenters. The molecule has 0 radical (unpaired) electrons. The molecule has 2 N–H and O–H groups in total. The lowest BCUT2D eigenvalue weighted by molar-refractivity contribution is 0.533. The van der Waals surface area contributed by atoms with E-state index in [0.29, 0.717) is 6.54 Å². The molecule has 0 spiro atoms. The summed E-state index contributed by atoms with van der Waals surface area (Å²) in [5.41, 5.74) is 8.15. The van der Waals surface area contributed by atoms with Crippen molar-refractivity contribution in [3.05, 3.63) is 28.3 Å². The predicted molar refractivity (Wildman–Crippen MR) is 78.6 cm³/mol. The van der Waals surface area contributed by atoms with Crippen LogP contribution in [0.3, 0.4) is 0 Å². The summed E-state index contributed by atoms with van der Waals surface area (Å²) in [6.45, 7) is 9.21.